The summed E-state index contributed by atoms with van der Waals surface area (Å²) in [4.78, 5) is 22.2. The summed E-state index contributed by atoms with van der Waals surface area (Å²) in [7, 11) is 0. The molecular formula is C16H14N4O2. The molecular weight excluding hydrogens is 280 g/mol. The molecule has 0 saturated heterocycles. The van der Waals surface area contributed by atoms with Crippen molar-refractivity contribution in [1.82, 2.24) is 15.0 Å². The first-order valence-electron chi connectivity index (χ1n) is 6.70. The van der Waals surface area contributed by atoms with Gasteiger partial charge < -0.3 is 15.5 Å². The molecule has 6 heteroatoms. The van der Waals surface area contributed by atoms with Gasteiger partial charge in [0.15, 0.2) is 0 Å². The minimum Gasteiger partial charge on any atom is -0.472 e. The minimum atomic E-state index is -0.516. The van der Waals surface area contributed by atoms with Crippen LogP contribution in [0.5, 0.6) is 5.88 Å². The van der Waals surface area contributed by atoms with E-state index in [4.69, 9.17) is 10.5 Å². The summed E-state index contributed by atoms with van der Waals surface area (Å²) in [6.45, 7) is 0.400. The second-order valence-corrected chi connectivity index (χ2v) is 4.66. The van der Waals surface area contributed by atoms with E-state index in [1.807, 2.05) is 30.3 Å². The number of carbonyl (C=O) groups is 1. The van der Waals surface area contributed by atoms with E-state index < -0.39 is 5.91 Å². The first-order chi connectivity index (χ1) is 10.7. The van der Waals surface area contributed by atoms with Crippen molar-refractivity contribution in [3.05, 3.63) is 60.1 Å². The number of carbonyl (C=O) groups excluding carboxylic acids is 1. The van der Waals surface area contributed by atoms with E-state index in [0.29, 0.717) is 18.1 Å². The van der Waals surface area contributed by atoms with Gasteiger partial charge in [0.05, 0.1) is 5.39 Å². The van der Waals surface area contributed by atoms with Crippen LogP contribution in [0.25, 0.3) is 17.1 Å². The number of fused-ring (bicyclic) bond motifs is 1. The number of primary amides is 1. The average molecular weight is 294 g/mol. The highest BCUT2D eigenvalue weighted by Gasteiger charge is 2.11. The fraction of sp³-hybridized carbons (Fsp3) is 0.0625. The molecule has 0 saturated carbocycles. The standard InChI is InChI=1S/C16H14N4O2/c17-13(21)7-6-12-8-18-15-14(12)16(20-10-19-15)22-9-11-4-2-1-3-5-11/h1-8,10H,9H2,(H2,17,21)(H,18,19,20)/b7-6+. The number of rotatable bonds is 5. The van der Waals surface area contributed by atoms with E-state index in [1.54, 1.807) is 12.3 Å². The number of aromatic nitrogens is 3. The van der Waals surface area contributed by atoms with Crippen molar-refractivity contribution >= 4 is 23.0 Å². The van der Waals surface area contributed by atoms with Gasteiger partial charge in [0.1, 0.15) is 18.6 Å². The number of H-pyrrole nitrogens is 1. The topological polar surface area (TPSA) is 93.9 Å². The highest BCUT2D eigenvalue weighted by molar-refractivity contribution is 5.96. The lowest BCUT2D eigenvalue weighted by Crippen LogP contribution is -2.05. The molecule has 0 aliphatic rings. The normalized spacial score (nSPS) is 11.1. The summed E-state index contributed by atoms with van der Waals surface area (Å²) in [6.07, 6.45) is 6.06. The zero-order valence-corrected chi connectivity index (χ0v) is 11.7. The van der Waals surface area contributed by atoms with E-state index in [-0.39, 0.29) is 0 Å². The van der Waals surface area contributed by atoms with E-state index in [0.717, 1.165) is 16.5 Å². The summed E-state index contributed by atoms with van der Waals surface area (Å²) in [5.74, 6) is -0.0582. The quantitative estimate of drug-likeness (QED) is 0.704. The molecule has 3 aromatic rings. The van der Waals surface area contributed by atoms with Crippen molar-refractivity contribution in [3.8, 4) is 5.88 Å². The van der Waals surface area contributed by atoms with Crippen molar-refractivity contribution in [2.24, 2.45) is 5.73 Å². The van der Waals surface area contributed by atoms with Crippen molar-refractivity contribution < 1.29 is 9.53 Å². The molecule has 0 atom stereocenters. The SMILES string of the molecule is NC(=O)/C=C/c1c[nH]c2ncnc(OCc3ccccc3)c12. The maximum Gasteiger partial charge on any atom is 0.241 e. The van der Waals surface area contributed by atoms with E-state index in [2.05, 4.69) is 15.0 Å². The summed E-state index contributed by atoms with van der Waals surface area (Å²) >= 11 is 0. The smallest absolute Gasteiger partial charge is 0.241 e. The molecule has 0 spiro atoms. The molecule has 1 amide bonds. The summed E-state index contributed by atoms with van der Waals surface area (Å²) < 4.78 is 5.79. The summed E-state index contributed by atoms with van der Waals surface area (Å²) in [5.41, 5.74) is 7.56. The molecule has 2 heterocycles. The molecule has 0 aliphatic heterocycles. The third-order valence-corrected chi connectivity index (χ3v) is 3.11. The monoisotopic (exact) mass is 294 g/mol. The Balaban J connectivity index is 1.91. The predicted octanol–water partition coefficient (Wildman–Crippen LogP) is 2.04. The third kappa shape index (κ3) is 2.95. The highest BCUT2D eigenvalue weighted by atomic mass is 16.5. The second kappa shape index (κ2) is 6.09. The lowest BCUT2D eigenvalue weighted by atomic mass is 10.2. The zero-order valence-electron chi connectivity index (χ0n) is 11.7. The van der Waals surface area contributed by atoms with Crippen LogP contribution < -0.4 is 10.5 Å². The van der Waals surface area contributed by atoms with Crippen molar-refractivity contribution in [1.29, 1.82) is 0 Å². The molecule has 1 aromatic carbocycles. The number of nitrogens with one attached hydrogen (secondary N) is 1. The number of aromatic amines is 1. The van der Waals surface area contributed by atoms with Gasteiger partial charge in [-0.3, -0.25) is 4.79 Å². The van der Waals surface area contributed by atoms with Gasteiger partial charge in [0.25, 0.3) is 0 Å². The van der Waals surface area contributed by atoms with Crippen LogP contribution in [-0.4, -0.2) is 20.9 Å². The van der Waals surface area contributed by atoms with Crippen molar-refractivity contribution in [3.63, 3.8) is 0 Å². The Kier molecular flexibility index (Phi) is 3.82. The minimum absolute atomic E-state index is 0.400. The second-order valence-electron chi connectivity index (χ2n) is 4.66. The number of hydrogen-bond acceptors (Lipinski definition) is 4. The molecule has 110 valence electrons. The van der Waals surface area contributed by atoms with Crippen molar-refractivity contribution in [2.75, 3.05) is 0 Å². The Morgan fingerprint density at radius 3 is 2.86 bits per heavy atom. The van der Waals surface area contributed by atoms with Gasteiger partial charge in [0, 0.05) is 17.8 Å². The van der Waals surface area contributed by atoms with Crippen LogP contribution in [0.2, 0.25) is 0 Å². The van der Waals surface area contributed by atoms with Gasteiger partial charge in [0.2, 0.25) is 11.8 Å². The molecule has 0 radical (unpaired) electrons. The van der Waals surface area contributed by atoms with E-state index >= 15 is 0 Å². The number of nitrogens with zero attached hydrogens (tertiary/aromatic N) is 2. The fourth-order valence-electron chi connectivity index (χ4n) is 2.10. The third-order valence-electron chi connectivity index (χ3n) is 3.11. The molecule has 6 nitrogen and oxygen atoms in total. The molecule has 22 heavy (non-hydrogen) atoms. The van der Waals surface area contributed by atoms with E-state index in [1.165, 1.54) is 12.4 Å². The molecule has 0 fully saturated rings. The Morgan fingerprint density at radius 2 is 2.09 bits per heavy atom. The highest BCUT2D eigenvalue weighted by Crippen LogP contribution is 2.26. The van der Waals surface area contributed by atoms with Gasteiger partial charge in [-0.05, 0) is 11.6 Å². The van der Waals surface area contributed by atoms with Crippen LogP contribution in [0.3, 0.4) is 0 Å². The maximum atomic E-state index is 10.9. The van der Waals surface area contributed by atoms with Crippen LogP contribution in [0.4, 0.5) is 0 Å². The van der Waals surface area contributed by atoms with Crippen LogP contribution in [0.15, 0.2) is 48.9 Å². The lowest BCUT2D eigenvalue weighted by molar-refractivity contribution is -0.113. The Morgan fingerprint density at radius 1 is 1.27 bits per heavy atom. The van der Waals surface area contributed by atoms with Gasteiger partial charge in [-0.25, -0.2) is 9.97 Å². The Bertz CT molecular complexity index is 825. The zero-order chi connectivity index (χ0) is 15.4. The van der Waals surface area contributed by atoms with Gasteiger partial charge >= 0.3 is 0 Å². The Hall–Kier alpha value is -3.15. The number of nitrogens with two attached hydrogens (primary N) is 1. The van der Waals surface area contributed by atoms with Crippen LogP contribution in [-0.2, 0) is 11.4 Å². The number of amides is 1. The van der Waals surface area contributed by atoms with Crippen LogP contribution in [0, 0.1) is 0 Å². The average Bonchev–Trinajstić information content (AvgIpc) is 2.96. The number of ether oxygens (including phenoxy) is 1. The Labute approximate surface area is 126 Å². The summed E-state index contributed by atoms with van der Waals surface area (Å²) in [6, 6.07) is 9.80. The molecule has 0 aliphatic carbocycles. The molecule has 2 aromatic heterocycles. The van der Waals surface area contributed by atoms with Gasteiger partial charge in [-0.1, -0.05) is 30.3 Å². The number of benzene rings is 1. The van der Waals surface area contributed by atoms with Crippen LogP contribution in [0.1, 0.15) is 11.1 Å². The molecule has 3 rings (SSSR count). The first kappa shape index (κ1) is 13.8. The van der Waals surface area contributed by atoms with Gasteiger partial charge in [-0.2, -0.15) is 0 Å². The maximum absolute atomic E-state index is 10.9. The van der Waals surface area contributed by atoms with Gasteiger partial charge in [-0.15, -0.1) is 0 Å². The van der Waals surface area contributed by atoms with E-state index in [9.17, 15) is 4.79 Å². The van der Waals surface area contributed by atoms with Crippen molar-refractivity contribution in [2.45, 2.75) is 6.61 Å². The molecule has 0 bridgehead atoms. The predicted molar refractivity (Wildman–Crippen MR) is 82.9 cm³/mol. The summed E-state index contributed by atoms with van der Waals surface area (Å²) in [5, 5.41) is 0.718. The molecule has 0 unspecified atom stereocenters. The fourth-order valence-corrected chi connectivity index (χ4v) is 2.10. The van der Waals surface area contributed by atoms with Crippen LogP contribution >= 0.6 is 0 Å². The first-order valence-corrected chi connectivity index (χ1v) is 6.70. The molecule has 3 N–H and O–H groups in total. The number of hydrogen-bond donors (Lipinski definition) is 2. The largest absolute Gasteiger partial charge is 0.472 e. The lowest BCUT2D eigenvalue weighted by Gasteiger charge is -2.06.